The molecule has 0 N–H and O–H groups in total. The predicted octanol–water partition coefficient (Wildman–Crippen LogP) is 2.46. The zero-order chi connectivity index (χ0) is 16.7. The van der Waals surface area contributed by atoms with Crippen LogP contribution in [0.2, 0.25) is 0 Å². The van der Waals surface area contributed by atoms with Crippen molar-refractivity contribution in [1.82, 2.24) is 4.90 Å². The molecule has 0 unspecified atom stereocenters. The molecule has 1 aromatic carbocycles. The summed E-state index contributed by atoms with van der Waals surface area (Å²) < 4.78 is 10.3. The highest BCUT2D eigenvalue weighted by Crippen LogP contribution is 2.18. The van der Waals surface area contributed by atoms with Gasteiger partial charge in [0, 0.05) is 19.6 Å². The molecule has 1 aliphatic heterocycles. The Kier molecular flexibility index (Phi) is 6.59. The van der Waals surface area contributed by atoms with Crippen LogP contribution in [0.4, 0.5) is 0 Å². The van der Waals surface area contributed by atoms with E-state index in [1.165, 1.54) is 7.11 Å². The fourth-order valence-corrected chi connectivity index (χ4v) is 2.76. The Labute approximate surface area is 137 Å². The summed E-state index contributed by atoms with van der Waals surface area (Å²) >= 11 is 0. The number of nitrogens with zero attached hydrogens (tertiary/aromatic N) is 1. The van der Waals surface area contributed by atoms with E-state index in [4.69, 9.17) is 9.47 Å². The Morgan fingerprint density at radius 3 is 2.78 bits per heavy atom. The van der Waals surface area contributed by atoms with E-state index in [2.05, 4.69) is 0 Å². The van der Waals surface area contributed by atoms with Gasteiger partial charge in [0.2, 0.25) is 5.91 Å². The van der Waals surface area contributed by atoms with Gasteiger partial charge in [-0.3, -0.25) is 9.59 Å². The van der Waals surface area contributed by atoms with Gasteiger partial charge in [-0.25, -0.2) is 0 Å². The Bertz CT molecular complexity index is 538. The van der Waals surface area contributed by atoms with E-state index in [-0.39, 0.29) is 18.6 Å². The lowest BCUT2D eigenvalue weighted by Gasteiger charge is -2.23. The number of methoxy groups -OCH3 is 1. The Hall–Kier alpha value is -1.88. The van der Waals surface area contributed by atoms with Gasteiger partial charge in [0.1, 0.15) is 6.54 Å². The Balaban J connectivity index is 1.98. The molecule has 1 aliphatic rings. The highest BCUT2D eigenvalue weighted by Gasteiger charge is 2.22. The van der Waals surface area contributed by atoms with Gasteiger partial charge in [-0.1, -0.05) is 24.3 Å². The lowest BCUT2D eigenvalue weighted by Crippen LogP contribution is -2.36. The lowest BCUT2D eigenvalue weighted by molar-refractivity contribution is -0.147. The van der Waals surface area contributed by atoms with Crippen LogP contribution in [0, 0.1) is 6.92 Å². The molecule has 0 aromatic heterocycles. The lowest BCUT2D eigenvalue weighted by atomic mass is 10.1. The van der Waals surface area contributed by atoms with Crippen LogP contribution in [0.1, 0.15) is 36.8 Å². The third kappa shape index (κ3) is 5.36. The number of rotatable bonds is 7. The van der Waals surface area contributed by atoms with Gasteiger partial charge in [0.25, 0.3) is 0 Å². The molecule has 5 nitrogen and oxygen atoms in total. The van der Waals surface area contributed by atoms with Crippen molar-refractivity contribution in [2.45, 2.75) is 45.3 Å². The third-order valence-electron chi connectivity index (χ3n) is 4.23. The van der Waals surface area contributed by atoms with Gasteiger partial charge >= 0.3 is 5.97 Å². The highest BCUT2D eigenvalue weighted by molar-refractivity contribution is 5.82. The maximum absolute atomic E-state index is 12.5. The normalized spacial score (nSPS) is 17.0. The van der Waals surface area contributed by atoms with E-state index in [1.807, 2.05) is 31.2 Å². The average Bonchev–Trinajstić information content (AvgIpc) is 3.07. The van der Waals surface area contributed by atoms with Gasteiger partial charge in [-0.05, 0) is 37.3 Å². The number of esters is 1. The molecule has 1 fully saturated rings. The van der Waals surface area contributed by atoms with Crippen molar-refractivity contribution in [2.75, 3.05) is 20.3 Å². The summed E-state index contributed by atoms with van der Waals surface area (Å²) in [6.45, 7) is 3.19. The van der Waals surface area contributed by atoms with Crippen molar-refractivity contribution in [1.29, 1.82) is 0 Å². The number of amides is 1. The van der Waals surface area contributed by atoms with Crippen LogP contribution in [0.15, 0.2) is 24.3 Å². The standard InChI is InChI=1S/C18H25NO4/c1-14-6-3-4-7-15(14)12-19(13-18(21)22-2)17(20)10-9-16-8-5-11-23-16/h3-4,6-7,16H,5,8-13H2,1-2H3/t16-/m0/s1. The molecule has 2 rings (SSSR count). The van der Waals surface area contributed by atoms with Crippen LogP contribution in [-0.4, -0.2) is 43.1 Å². The van der Waals surface area contributed by atoms with Gasteiger partial charge < -0.3 is 14.4 Å². The van der Waals surface area contributed by atoms with Crippen molar-refractivity contribution in [3.8, 4) is 0 Å². The Morgan fingerprint density at radius 1 is 1.35 bits per heavy atom. The summed E-state index contributed by atoms with van der Waals surface area (Å²) in [7, 11) is 1.34. The summed E-state index contributed by atoms with van der Waals surface area (Å²) in [6, 6.07) is 7.88. The number of aryl methyl sites for hydroxylation is 1. The number of carbonyl (C=O) groups is 2. The first-order chi connectivity index (χ1) is 11.1. The van der Waals surface area contributed by atoms with Crippen LogP contribution in [0.25, 0.3) is 0 Å². The topological polar surface area (TPSA) is 55.8 Å². The Morgan fingerprint density at radius 2 is 2.13 bits per heavy atom. The minimum Gasteiger partial charge on any atom is -0.468 e. The fraction of sp³-hybridized carbons (Fsp3) is 0.556. The summed E-state index contributed by atoms with van der Waals surface area (Å²) in [5, 5.41) is 0. The molecule has 23 heavy (non-hydrogen) atoms. The van der Waals surface area contributed by atoms with Crippen LogP contribution in [-0.2, 0) is 25.6 Å². The molecule has 0 bridgehead atoms. The maximum Gasteiger partial charge on any atom is 0.325 e. The quantitative estimate of drug-likeness (QED) is 0.725. The van der Waals surface area contributed by atoms with Crippen LogP contribution in [0.5, 0.6) is 0 Å². The molecule has 0 aliphatic carbocycles. The van der Waals surface area contributed by atoms with Gasteiger partial charge in [-0.2, -0.15) is 0 Å². The summed E-state index contributed by atoms with van der Waals surface area (Å²) in [6.07, 6.45) is 3.37. The molecule has 1 heterocycles. The minimum absolute atomic E-state index is 0.0187. The van der Waals surface area contributed by atoms with Crippen LogP contribution < -0.4 is 0 Å². The second-order valence-corrected chi connectivity index (χ2v) is 5.93. The summed E-state index contributed by atoms with van der Waals surface area (Å²) in [5.74, 6) is -0.432. The second-order valence-electron chi connectivity index (χ2n) is 5.93. The van der Waals surface area contributed by atoms with Gasteiger partial charge in [-0.15, -0.1) is 0 Å². The number of ether oxygens (including phenoxy) is 2. The first kappa shape index (κ1) is 17.5. The van der Waals surface area contributed by atoms with Crippen molar-refractivity contribution in [3.05, 3.63) is 35.4 Å². The van der Waals surface area contributed by atoms with Crippen molar-refractivity contribution < 1.29 is 19.1 Å². The monoisotopic (exact) mass is 319 g/mol. The molecule has 0 saturated carbocycles. The first-order valence-corrected chi connectivity index (χ1v) is 8.11. The molecule has 5 heteroatoms. The van der Waals surface area contributed by atoms with Crippen LogP contribution in [0.3, 0.4) is 0 Å². The second kappa shape index (κ2) is 8.67. The number of benzene rings is 1. The molecular weight excluding hydrogens is 294 g/mol. The fourth-order valence-electron chi connectivity index (χ4n) is 2.76. The van der Waals surface area contributed by atoms with E-state index in [0.717, 1.165) is 30.6 Å². The third-order valence-corrected chi connectivity index (χ3v) is 4.23. The van der Waals surface area contributed by atoms with E-state index >= 15 is 0 Å². The zero-order valence-corrected chi connectivity index (χ0v) is 13.9. The van der Waals surface area contributed by atoms with Crippen molar-refractivity contribution in [2.24, 2.45) is 0 Å². The molecular formula is C18H25NO4. The van der Waals surface area contributed by atoms with Gasteiger partial charge in [0.05, 0.1) is 13.2 Å². The van der Waals surface area contributed by atoms with E-state index in [1.54, 1.807) is 4.90 Å². The molecule has 0 spiro atoms. The summed E-state index contributed by atoms with van der Waals surface area (Å²) in [5.41, 5.74) is 2.15. The molecule has 1 amide bonds. The number of carbonyl (C=O) groups excluding carboxylic acids is 2. The highest BCUT2D eigenvalue weighted by atomic mass is 16.5. The molecule has 1 atom stereocenters. The average molecular weight is 319 g/mol. The first-order valence-electron chi connectivity index (χ1n) is 8.11. The number of hydrogen-bond acceptors (Lipinski definition) is 4. The molecule has 1 aromatic rings. The molecule has 126 valence electrons. The predicted molar refractivity (Wildman–Crippen MR) is 86.8 cm³/mol. The SMILES string of the molecule is COC(=O)CN(Cc1ccccc1C)C(=O)CC[C@@H]1CCCO1. The largest absolute Gasteiger partial charge is 0.468 e. The molecule has 0 radical (unpaired) electrons. The van der Waals surface area contributed by atoms with E-state index < -0.39 is 5.97 Å². The smallest absolute Gasteiger partial charge is 0.325 e. The summed E-state index contributed by atoms with van der Waals surface area (Å²) in [4.78, 5) is 25.7. The maximum atomic E-state index is 12.5. The van der Waals surface area contributed by atoms with Crippen molar-refractivity contribution >= 4 is 11.9 Å². The van der Waals surface area contributed by atoms with Crippen LogP contribution >= 0.6 is 0 Å². The van der Waals surface area contributed by atoms with Gasteiger partial charge in [0.15, 0.2) is 0 Å². The van der Waals surface area contributed by atoms with Crippen molar-refractivity contribution in [3.63, 3.8) is 0 Å². The molecule has 1 saturated heterocycles. The minimum atomic E-state index is -0.399. The zero-order valence-electron chi connectivity index (χ0n) is 13.9. The number of hydrogen-bond donors (Lipinski definition) is 0. The van der Waals surface area contributed by atoms with E-state index in [0.29, 0.717) is 19.4 Å². The van der Waals surface area contributed by atoms with E-state index in [9.17, 15) is 9.59 Å².